The lowest BCUT2D eigenvalue weighted by Gasteiger charge is -2.20. The van der Waals surface area contributed by atoms with E-state index in [1.807, 2.05) is 0 Å². The summed E-state index contributed by atoms with van der Waals surface area (Å²) in [7, 11) is 4.33. The Morgan fingerprint density at radius 3 is 2.23 bits per heavy atom. The molecule has 1 unspecified atom stereocenters. The van der Waals surface area contributed by atoms with Gasteiger partial charge in [0.15, 0.2) is 0 Å². The van der Waals surface area contributed by atoms with Crippen LogP contribution in [0.5, 0.6) is 0 Å². The van der Waals surface area contributed by atoms with E-state index < -0.39 is 0 Å². The van der Waals surface area contributed by atoms with Crippen molar-refractivity contribution >= 4 is 13.2 Å². The smallest absolute Gasteiger partial charge is 0.0218 e. The second kappa shape index (κ2) is 5.36. The molecule has 1 rings (SSSR count). The molecule has 0 fully saturated rings. The molecular formula is C11H18NP. The highest BCUT2D eigenvalue weighted by Crippen LogP contribution is 2.33. The van der Waals surface area contributed by atoms with E-state index in [4.69, 9.17) is 0 Å². The summed E-state index contributed by atoms with van der Waals surface area (Å²) >= 11 is 0. The van der Waals surface area contributed by atoms with Crippen molar-refractivity contribution in [3.63, 3.8) is 0 Å². The van der Waals surface area contributed by atoms with Crippen LogP contribution in [-0.2, 0) is 0 Å². The van der Waals surface area contributed by atoms with Gasteiger partial charge in [0.05, 0.1) is 0 Å². The van der Waals surface area contributed by atoms with E-state index in [1.54, 1.807) is 0 Å². The normalized spacial score (nSPS) is 13.2. The Bertz CT molecular complexity index is 233. The summed E-state index contributed by atoms with van der Waals surface area (Å²) in [6.45, 7) is 2.28. The van der Waals surface area contributed by atoms with Gasteiger partial charge in [-0.2, -0.15) is 0 Å². The molecule has 1 aromatic rings. The van der Waals surface area contributed by atoms with Gasteiger partial charge in [0.2, 0.25) is 0 Å². The molecule has 1 aromatic carbocycles. The molecular weight excluding hydrogens is 177 g/mol. The highest BCUT2D eigenvalue weighted by molar-refractivity contribution is 7.65. The summed E-state index contributed by atoms with van der Waals surface area (Å²) in [4.78, 5) is 2.28. The minimum atomic E-state index is 0.0329. The monoisotopic (exact) mass is 195 g/mol. The lowest BCUT2D eigenvalue weighted by atomic mass is 10.4. The van der Waals surface area contributed by atoms with Crippen molar-refractivity contribution in [2.24, 2.45) is 0 Å². The number of nitrogens with zero attached hydrogens (tertiary/aromatic N) is 1. The Labute approximate surface area is 82.5 Å². The van der Waals surface area contributed by atoms with Gasteiger partial charge in [-0.25, -0.2) is 0 Å². The van der Waals surface area contributed by atoms with E-state index in [1.165, 1.54) is 17.8 Å². The van der Waals surface area contributed by atoms with Crippen molar-refractivity contribution in [2.75, 3.05) is 26.5 Å². The number of hydrogen-bond donors (Lipinski definition) is 0. The molecule has 0 amide bonds. The first-order chi connectivity index (χ1) is 6.24. The third kappa shape index (κ3) is 3.46. The first-order valence-electron chi connectivity index (χ1n) is 4.68. The fourth-order valence-electron chi connectivity index (χ4n) is 1.34. The molecule has 0 heterocycles. The second-order valence-electron chi connectivity index (χ2n) is 3.41. The van der Waals surface area contributed by atoms with Crippen LogP contribution in [0, 0.1) is 0 Å². The fourth-order valence-corrected chi connectivity index (χ4v) is 3.35. The van der Waals surface area contributed by atoms with Crippen LogP contribution in [0.4, 0.5) is 0 Å². The van der Waals surface area contributed by atoms with Gasteiger partial charge >= 0.3 is 0 Å². The predicted octanol–water partition coefficient (Wildman–Crippen LogP) is 2.33. The molecule has 0 aliphatic carbocycles. The summed E-state index contributed by atoms with van der Waals surface area (Å²) in [5.74, 6) is 0. The maximum atomic E-state index is 2.28. The van der Waals surface area contributed by atoms with Crippen LogP contribution in [0.3, 0.4) is 0 Å². The van der Waals surface area contributed by atoms with E-state index in [2.05, 4.69) is 56.3 Å². The summed E-state index contributed by atoms with van der Waals surface area (Å²) in [5, 5.41) is 1.52. The molecule has 1 nitrogen and oxygen atoms in total. The minimum Gasteiger partial charge on any atom is -0.305 e. The van der Waals surface area contributed by atoms with Crippen LogP contribution in [0.2, 0.25) is 0 Å². The third-order valence-electron chi connectivity index (χ3n) is 1.96. The van der Waals surface area contributed by atoms with Gasteiger partial charge < -0.3 is 4.90 Å². The molecule has 0 aliphatic rings. The summed E-state index contributed by atoms with van der Waals surface area (Å²) < 4.78 is 0. The van der Waals surface area contributed by atoms with Crippen molar-refractivity contribution in [1.29, 1.82) is 0 Å². The molecule has 1 atom stereocenters. The lowest BCUT2D eigenvalue weighted by molar-refractivity contribution is 0.482. The molecule has 0 aliphatic heterocycles. The van der Waals surface area contributed by atoms with E-state index in [9.17, 15) is 0 Å². The van der Waals surface area contributed by atoms with E-state index >= 15 is 0 Å². The zero-order valence-corrected chi connectivity index (χ0v) is 9.59. The standard InChI is InChI=1S/C11H18NP/c1-4-13(10-12(2)3)11-8-6-5-7-9-11/h5-9H,4,10H2,1-3H3. The second-order valence-corrected chi connectivity index (χ2v) is 5.92. The van der Waals surface area contributed by atoms with Crippen LogP contribution < -0.4 is 5.30 Å². The van der Waals surface area contributed by atoms with Gasteiger partial charge in [-0.1, -0.05) is 45.2 Å². The maximum absolute atomic E-state index is 2.28. The van der Waals surface area contributed by atoms with Gasteiger partial charge in [0.1, 0.15) is 0 Å². The molecule has 0 saturated heterocycles. The predicted molar refractivity (Wildman–Crippen MR) is 62.1 cm³/mol. The molecule has 0 saturated carbocycles. The van der Waals surface area contributed by atoms with Crippen molar-refractivity contribution < 1.29 is 0 Å². The maximum Gasteiger partial charge on any atom is 0.0218 e. The van der Waals surface area contributed by atoms with Gasteiger partial charge in [0, 0.05) is 6.29 Å². The van der Waals surface area contributed by atoms with Crippen molar-refractivity contribution in [2.45, 2.75) is 6.92 Å². The van der Waals surface area contributed by atoms with Crippen molar-refractivity contribution in [1.82, 2.24) is 4.90 Å². The minimum absolute atomic E-state index is 0.0329. The quantitative estimate of drug-likeness (QED) is 0.666. The lowest BCUT2D eigenvalue weighted by Crippen LogP contribution is -2.17. The van der Waals surface area contributed by atoms with E-state index in [0.717, 1.165) is 0 Å². The largest absolute Gasteiger partial charge is 0.305 e. The summed E-state index contributed by atoms with van der Waals surface area (Å²) in [6, 6.07) is 10.9. The van der Waals surface area contributed by atoms with Crippen molar-refractivity contribution in [3.05, 3.63) is 30.3 Å². The van der Waals surface area contributed by atoms with Crippen molar-refractivity contribution in [3.8, 4) is 0 Å². The zero-order chi connectivity index (χ0) is 9.68. The average molecular weight is 195 g/mol. The van der Waals surface area contributed by atoms with Crippen LogP contribution in [0.15, 0.2) is 30.3 Å². The summed E-state index contributed by atoms with van der Waals surface area (Å²) in [6.07, 6.45) is 2.48. The Morgan fingerprint density at radius 2 is 1.77 bits per heavy atom. The number of benzene rings is 1. The van der Waals surface area contributed by atoms with Crippen LogP contribution in [-0.4, -0.2) is 31.4 Å². The summed E-state index contributed by atoms with van der Waals surface area (Å²) in [5.41, 5.74) is 0. The number of hydrogen-bond acceptors (Lipinski definition) is 1. The Kier molecular flexibility index (Phi) is 4.41. The highest BCUT2D eigenvalue weighted by atomic mass is 31.1. The molecule has 0 spiro atoms. The Morgan fingerprint density at radius 1 is 1.15 bits per heavy atom. The van der Waals surface area contributed by atoms with Crippen LogP contribution in [0.25, 0.3) is 0 Å². The molecule has 2 heteroatoms. The fraction of sp³-hybridized carbons (Fsp3) is 0.455. The first-order valence-corrected chi connectivity index (χ1v) is 6.40. The van der Waals surface area contributed by atoms with Gasteiger partial charge in [0.25, 0.3) is 0 Å². The van der Waals surface area contributed by atoms with E-state index in [0.29, 0.717) is 0 Å². The van der Waals surface area contributed by atoms with Crippen LogP contribution in [0.1, 0.15) is 6.92 Å². The Balaban J connectivity index is 2.67. The van der Waals surface area contributed by atoms with Crippen LogP contribution >= 0.6 is 7.92 Å². The Hall–Kier alpha value is -0.390. The SMILES string of the molecule is CCP(CN(C)C)c1ccccc1. The average Bonchev–Trinajstić information content (AvgIpc) is 2.15. The highest BCUT2D eigenvalue weighted by Gasteiger charge is 2.08. The molecule has 0 radical (unpaired) electrons. The third-order valence-corrected chi connectivity index (χ3v) is 4.66. The van der Waals surface area contributed by atoms with Gasteiger partial charge in [-0.15, -0.1) is 0 Å². The first kappa shape index (κ1) is 10.7. The molecule has 0 bridgehead atoms. The van der Waals surface area contributed by atoms with Gasteiger partial charge in [-0.3, -0.25) is 0 Å². The van der Waals surface area contributed by atoms with E-state index in [-0.39, 0.29) is 7.92 Å². The zero-order valence-electron chi connectivity index (χ0n) is 8.70. The molecule has 13 heavy (non-hydrogen) atoms. The molecule has 72 valence electrons. The van der Waals surface area contributed by atoms with Gasteiger partial charge in [-0.05, 0) is 25.6 Å². The number of rotatable bonds is 4. The topological polar surface area (TPSA) is 3.24 Å². The molecule has 0 N–H and O–H groups in total. The molecule has 0 aromatic heterocycles.